The van der Waals surface area contributed by atoms with Crippen LogP contribution in [0.15, 0.2) is 21.7 Å². The van der Waals surface area contributed by atoms with Crippen molar-refractivity contribution in [3.63, 3.8) is 0 Å². The number of carbonyl (C=O) groups excluding carboxylic acids is 1. The first kappa shape index (κ1) is 13.9. The number of amides is 1. The second-order valence-electron chi connectivity index (χ2n) is 2.95. The molecule has 7 heteroatoms. The maximum atomic E-state index is 10.9. The maximum absolute atomic E-state index is 10.9. The van der Waals surface area contributed by atoms with E-state index in [0.717, 1.165) is 4.47 Å². The standard InChI is InChI=1S/C10H7BrIN3O2/c11-7-3-6(10(17)8(12)4-7)5-14-15-9(16)1-2-13/h3-5,17H,1H2,(H,15,16)/b14-5-. The zero-order chi connectivity index (χ0) is 12.8. The van der Waals surface area contributed by atoms with E-state index in [9.17, 15) is 9.90 Å². The molecule has 2 N–H and O–H groups in total. The summed E-state index contributed by atoms with van der Waals surface area (Å²) in [6.45, 7) is 0. The first-order valence-electron chi connectivity index (χ1n) is 4.41. The van der Waals surface area contributed by atoms with E-state index in [4.69, 9.17) is 5.26 Å². The number of phenolic OH excluding ortho intramolecular Hbond substituents is 1. The van der Waals surface area contributed by atoms with Crippen molar-refractivity contribution in [1.82, 2.24) is 5.43 Å². The number of nitrogens with one attached hydrogen (secondary N) is 1. The molecule has 0 heterocycles. The summed E-state index contributed by atoms with van der Waals surface area (Å²) in [6.07, 6.45) is 1.07. The molecule has 1 aromatic rings. The molecule has 1 rings (SSSR count). The third kappa shape index (κ3) is 4.32. The summed E-state index contributed by atoms with van der Waals surface area (Å²) in [4.78, 5) is 10.9. The van der Waals surface area contributed by atoms with Gasteiger partial charge in [0.05, 0.1) is 15.9 Å². The summed E-state index contributed by atoms with van der Waals surface area (Å²) < 4.78 is 1.46. The van der Waals surface area contributed by atoms with Crippen LogP contribution in [0.5, 0.6) is 5.75 Å². The van der Waals surface area contributed by atoms with Crippen molar-refractivity contribution in [2.45, 2.75) is 6.42 Å². The fraction of sp³-hybridized carbons (Fsp3) is 0.100. The molecule has 0 bridgehead atoms. The topological polar surface area (TPSA) is 85.5 Å². The third-order valence-corrected chi connectivity index (χ3v) is 2.97. The van der Waals surface area contributed by atoms with Gasteiger partial charge in [-0.3, -0.25) is 4.79 Å². The van der Waals surface area contributed by atoms with Gasteiger partial charge in [-0.05, 0) is 34.7 Å². The van der Waals surface area contributed by atoms with Crippen LogP contribution in [0.3, 0.4) is 0 Å². The molecule has 0 fully saturated rings. The van der Waals surface area contributed by atoms with Crippen LogP contribution < -0.4 is 5.43 Å². The zero-order valence-corrected chi connectivity index (χ0v) is 12.2. The molecule has 1 amide bonds. The summed E-state index contributed by atoms with van der Waals surface area (Å²) in [5.41, 5.74) is 2.65. The largest absolute Gasteiger partial charge is 0.506 e. The van der Waals surface area contributed by atoms with Gasteiger partial charge < -0.3 is 5.11 Å². The summed E-state index contributed by atoms with van der Waals surface area (Å²) in [6, 6.07) is 5.12. The Bertz CT molecular complexity index is 511. The van der Waals surface area contributed by atoms with Gasteiger partial charge in [-0.2, -0.15) is 10.4 Å². The number of rotatable bonds is 3. The van der Waals surface area contributed by atoms with E-state index in [-0.39, 0.29) is 12.2 Å². The Balaban J connectivity index is 2.79. The molecule has 5 nitrogen and oxygen atoms in total. The summed E-state index contributed by atoms with van der Waals surface area (Å²) >= 11 is 5.27. The highest BCUT2D eigenvalue weighted by Crippen LogP contribution is 2.27. The Kier molecular flexibility index (Phi) is 5.37. The van der Waals surface area contributed by atoms with Crippen molar-refractivity contribution >= 4 is 50.6 Å². The van der Waals surface area contributed by atoms with Gasteiger partial charge in [0.2, 0.25) is 0 Å². The summed E-state index contributed by atoms with van der Waals surface area (Å²) in [5, 5.41) is 21.6. The first-order chi connectivity index (χ1) is 8.04. The summed E-state index contributed by atoms with van der Waals surface area (Å²) in [5.74, 6) is -0.403. The Morgan fingerprint density at radius 3 is 3.06 bits per heavy atom. The SMILES string of the molecule is N#CCC(=O)N/N=C\c1cc(Br)cc(I)c1O. The van der Waals surface area contributed by atoms with E-state index in [1.165, 1.54) is 6.21 Å². The van der Waals surface area contributed by atoms with Crippen LogP contribution in [0.25, 0.3) is 0 Å². The molecule has 0 aliphatic heterocycles. The molecular formula is C10H7BrIN3O2. The van der Waals surface area contributed by atoms with Crippen molar-refractivity contribution in [3.8, 4) is 11.8 Å². The molecule has 0 aromatic heterocycles. The number of nitriles is 1. The fourth-order valence-corrected chi connectivity index (χ4v) is 2.52. The number of hydrogen-bond donors (Lipinski definition) is 2. The van der Waals surface area contributed by atoms with Crippen molar-refractivity contribution < 1.29 is 9.90 Å². The highest BCUT2D eigenvalue weighted by Gasteiger charge is 2.05. The second kappa shape index (κ2) is 6.56. The van der Waals surface area contributed by atoms with E-state index < -0.39 is 5.91 Å². The smallest absolute Gasteiger partial charge is 0.254 e. The number of hydrogen-bond acceptors (Lipinski definition) is 4. The molecule has 0 atom stereocenters. The average molecular weight is 408 g/mol. The van der Waals surface area contributed by atoms with Gasteiger partial charge in [0.15, 0.2) is 0 Å². The number of halogens is 2. The van der Waals surface area contributed by atoms with Crippen LogP contribution in [0.1, 0.15) is 12.0 Å². The number of nitrogens with zero attached hydrogens (tertiary/aromatic N) is 2. The minimum Gasteiger partial charge on any atom is -0.506 e. The lowest BCUT2D eigenvalue weighted by Crippen LogP contribution is -2.16. The Hall–Kier alpha value is -1.14. The lowest BCUT2D eigenvalue weighted by molar-refractivity contribution is -0.120. The van der Waals surface area contributed by atoms with E-state index in [1.54, 1.807) is 18.2 Å². The van der Waals surface area contributed by atoms with Gasteiger partial charge in [0.25, 0.3) is 5.91 Å². The molecular weight excluding hydrogens is 401 g/mol. The molecule has 17 heavy (non-hydrogen) atoms. The Labute approximate surface area is 120 Å². The molecule has 1 aromatic carbocycles. The van der Waals surface area contributed by atoms with Crippen molar-refractivity contribution in [2.24, 2.45) is 5.10 Å². The monoisotopic (exact) mass is 407 g/mol. The molecule has 0 saturated heterocycles. The van der Waals surface area contributed by atoms with Gasteiger partial charge in [-0.15, -0.1) is 0 Å². The highest BCUT2D eigenvalue weighted by atomic mass is 127. The fourth-order valence-electron chi connectivity index (χ4n) is 0.969. The molecule has 0 aliphatic rings. The van der Waals surface area contributed by atoms with Crippen LogP contribution in [-0.2, 0) is 4.79 Å². The lowest BCUT2D eigenvalue weighted by atomic mass is 10.2. The molecule has 0 saturated carbocycles. The highest BCUT2D eigenvalue weighted by molar-refractivity contribution is 14.1. The minimum absolute atomic E-state index is 0.0899. The maximum Gasteiger partial charge on any atom is 0.254 e. The predicted octanol–water partition coefficient (Wildman–Crippen LogP) is 2.12. The Morgan fingerprint density at radius 1 is 1.71 bits per heavy atom. The molecule has 0 radical (unpaired) electrons. The van der Waals surface area contributed by atoms with Crippen molar-refractivity contribution in [2.75, 3.05) is 0 Å². The first-order valence-corrected chi connectivity index (χ1v) is 6.28. The van der Waals surface area contributed by atoms with Crippen LogP contribution in [0, 0.1) is 14.9 Å². The van der Waals surface area contributed by atoms with Gasteiger partial charge in [0.1, 0.15) is 12.2 Å². The number of aromatic hydroxyl groups is 1. The number of hydrazone groups is 1. The van der Waals surface area contributed by atoms with Crippen molar-refractivity contribution in [3.05, 3.63) is 25.7 Å². The average Bonchev–Trinajstić information content (AvgIpc) is 2.25. The van der Waals surface area contributed by atoms with Crippen LogP contribution in [0.4, 0.5) is 0 Å². The van der Waals surface area contributed by atoms with E-state index in [2.05, 4.69) is 26.5 Å². The van der Waals surface area contributed by atoms with E-state index >= 15 is 0 Å². The number of benzene rings is 1. The number of carbonyl (C=O) groups is 1. The van der Waals surface area contributed by atoms with E-state index in [1.807, 2.05) is 22.6 Å². The van der Waals surface area contributed by atoms with Crippen LogP contribution in [0.2, 0.25) is 0 Å². The molecule has 0 unspecified atom stereocenters. The minimum atomic E-state index is -0.493. The van der Waals surface area contributed by atoms with Gasteiger partial charge in [-0.25, -0.2) is 5.43 Å². The predicted molar refractivity (Wildman–Crippen MR) is 74.5 cm³/mol. The number of phenols is 1. The third-order valence-electron chi connectivity index (χ3n) is 1.69. The Morgan fingerprint density at radius 2 is 2.41 bits per heavy atom. The summed E-state index contributed by atoms with van der Waals surface area (Å²) in [7, 11) is 0. The van der Waals surface area contributed by atoms with Gasteiger partial charge in [0, 0.05) is 10.0 Å². The normalized spacial score (nSPS) is 10.2. The zero-order valence-electron chi connectivity index (χ0n) is 8.44. The van der Waals surface area contributed by atoms with Gasteiger partial charge in [-0.1, -0.05) is 15.9 Å². The molecule has 0 spiro atoms. The van der Waals surface area contributed by atoms with Crippen molar-refractivity contribution in [1.29, 1.82) is 5.26 Å². The van der Waals surface area contributed by atoms with Gasteiger partial charge >= 0.3 is 0 Å². The molecule has 88 valence electrons. The molecule has 0 aliphatic carbocycles. The van der Waals surface area contributed by atoms with Crippen LogP contribution in [-0.4, -0.2) is 17.2 Å². The van der Waals surface area contributed by atoms with Crippen LogP contribution >= 0.6 is 38.5 Å². The van der Waals surface area contributed by atoms with E-state index in [0.29, 0.717) is 9.13 Å². The quantitative estimate of drug-likeness (QED) is 0.457. The lowest BCUT2D eigenvalue weighted by Gasteiger charge is -2.02. The second-order valence-corrected chi connectivity index (χ2v) is 5.03.